The van der Waals surface area contributed by atoms with E-state index in [4.69, 9.17) is 16.9 Å². The molecule has 114 valence electrons. The van der Waals surface area contributed by atoms with Gasteiger partial charge < -0.3 is 5.32 Å². The van der Waals surface area contributed by atoms with Crippen molar-refractivity contribution in [2.24, 2.45) is 0 Å². The molecule has 2 aromatic rings. The summed E-state index contributed by atoms with van der Waals surface area (Å²) in [6, 6.07) is 16.3. The third-order valence-electron chi connectivity index (χ3n) is 2.85. The first-order chi connectivity index (χ1) is 11.1. The van der Waals surface area contributed by atoms with E-state index >= 15 is 0 Å². The first-order valence-electron chi connectivity index (χ1n) is 6.69. The van der Waals surface area contributed by atoms with Crippen LogP contribution in [0.3, 0.4) is 0 Å². The third kappa shape index (κ3) is 5.10. The molecule has 2 rings (SSSR count). The van der Waals surface area contributed by atoms with Crippen LogP contribution in [0.15, 0.2) is 71.3 Å². The van der Waals surface area contributed by atoms with Gasteiger partial charge in [0.1, 0.15) is 17.5 Å². The van der Waals surface area contributed by atoms with Crippen LogP contribution in [0, 0.1) is 17.1 Å². The van der Waals surface area contributed by atoms with Crippen molar-refractivity contribution in [1.82, 2.24) is 0 Å². The Morgan fingerprint density at radius 1 is 1.13 bits per heavy atom. The van der Waals surface area contributed by atoms with Gasteiger partial charge in [-0.15, -0.1) is 0 Å². The number of amides is 1. The van der Waals surface area contributed by atoms with Crippen LogP contribution in [0.5, 0.6) is 0 Å². The molecule has 3 nitrogen and oxygen atoms in total. The SMILES string of the molecule is N#C/C(=C\C(Cl)=C\c1ccccc1)C(=O)Nc1ccc(F)cc1. The quantitative estimate of drug-likeness (QED) is 0.511. The van der Waals surface area contributed by atoms with Crippen LogP contribution in [0.25, 0.3) is 6.08 Å². The number of nitriles is 1. The predicted octanol–water partition coefficient (Wildman–Crippen LogP) is 4.49. The zero-order valence-corrected chi connectivity index (χ0v) is 12.7. The van der Waals surface area contributed by atoms with Gasteiger partial charge in [-0.3, -0.25) is 4.79 Å². The molecule has 0 bridgehead atoms. The lowest BCUT2D eigenvalue weighted by atomic mass is 10.2. The molecule has 0 saturated carbocycles. The van der Waals surface area contributed by atoms with E-state index < -0.39 is 11.7 Å². The molecule has 0 heterocycles. The monoisotopic (exact) mass is 326 g/mol. The number of halogens is 2. The van der Waals surface area contributed by atoms with Gasteiger partial charge in [0.25, 0.3) is 5.91 Å². The van der Waals surface area contributed by atoms with Crippen molar-refractivity contribution in [3.8, 4) is 6.07 Å². The number of allylic oxidation sites excluding steroid dienone is 2. The standard InChI is InChI=1S/C18H12ClFN2O/c19-15(10-13-4-2-1-3-5-13)11-14(12-21)18(23)22-17-8-6-16(20)7-9-17/h1-11H,(H,22,23)/b14-11+,15-10-. The summed E-state index contributed by atoms with van der Waals surface area (Å²) in [4.78, 5) is 12.0. The Labute approximate surface area is 138 Å². The van der Waals surface area contributed by atoms with Gasteiger partial charge in [-0.25, -0.2) is 4.39 Å². The number of hydrogen-bond acceptors (Lipinski definition) is 2. The minimum atomic E-state index is -0.612. The predicted molar refractivity (Wildman–Crippen MR) is 89.0 cm³/mol. The Balaban J connectivity index is 2.15. The highest BCUT2D eigenvalue weighted by Gasteiger charge is 2.09. The fraction of sp³-hybridized carbons (Fsp3) is 0. The van der Waals surface area contributed by atoms with Crippen LogP contribution in [0.2, 0.25) is 0 Å². The van der Waals surface area contributed by atoms with E-state index in [1.54, 1.807) is 12.1 Å². The molecular weight excluding hydrogens is 315 g/mol. The lowest BCUT2D eigenvalue weighted by molar-refractivity contribution is -0.112. The van der Waals surface area contributed by atoms with Gasteiger partial charge in [0.15, 0.2) is 0 Å². The maximum Gasteiger partial charge on any atom is 0.266 e. The maximum absolute atomic E-state index is 12.8. The molecule has 1 amide bonds. The minimum absolute atomic E-state index is 0.147. The number of hydrogen-bond donors (Lipinski definition) is 1. The zero-order valence-electron chi connectivity index (χ0n) is 12.0. The van der Waals surface area contributed by atoms with Gasteiger partial charge in [0.2, 0.25) is 0 Å². The van der Waals surface area contributed by atoms with Crippen LogP contribution in [0.4, 0.5) is 10.1 Å². The first-order valence-corrected chi connectivity index (χ1v) is 7.07. The maximum atomic E-state index is 12.8. The zero-order chi connectivity index (χ0) is 16.7. The molecular formula is C18H12ClFN2O. The number of rotatable bonds is 4. The largest absolute Gasteiger partial charge is 0.321 e. The van der Waals surface area contributed by atoms with Crippen molar-refractivity contribution in [2.75, 3.05) is 5.32 Å². The molecule has 0 unspecified atom stereocenters. The number of anilines is 1. The smallest absolute Gasteiger partial charge is 0.266 e. The van der Waals surface area contributed by atoms with Crippen molar-refractivity contribution in [3.63, 3.8) is 0 Å². The lowest BCUT2D eigenvalue weighted by Crippen LogP contribution is -2.13. The highest BCUT2D eigenvalue weighted by atomic mass is 35.5. The fourth-order valence-electron chi connectivity index (χ4n) is 1.77. The summed E-state index contributed by atoms with van der Waals surface area (Å²) in [7, 11) is 0. The molecule has 0 aliphatic carbocycles. The first kappa shape index (κ1) is 16.5. The molecule has 0 aromatic heterocycles. The molecule has 23 heavy (non-hydrogen) atoms. The van der Waals surface area contributed by atoms with Crippen LogP contribution in [-0.2, 0) is 4.79 Å². The second-order valence-electron chi connectivity index (χ2n) is 4.57. The lowest BCUT2D eigenvalue weighted by Gasteiger charge is -2.03. The molecule has 0 aliphatic heterocycles. The van der Waals surface area contributed by atoms with E-state index in [1.165, 1.54) is 30.3 Å². The van der Waals surface area contributed by atoms with E-state index in [2.05, 4.69) is 5.32 Å². The number of nitrogens with one attached hydrogen (secondary N) is 1. The Bertz CT molecular complexity index is 790. The second kappa shape index (κ2) is 7.92. The second-order valence-corrected chi connectivity index (χ2v) is 5.01. The van der Waals surface area contributed by atoms with Crippen molar-refractivity contribution in [1.29, 1.82) is 5.26 Å². The number of benzene rings is 2. The van der Waals surface area contributed by atoms with Crippen molar-refractivity contribution >= 4 is 29.3 Å². The summed E-state index contributed by atoms with van der Waals surface area (Å²) in [6.07, 6.45) is 2.93. The molecule has 5 heteroatoms. The van der Waals surface area contributed by atoms with E-state index in [1.807, 2.05) is 30.3 Å². The van der Waals surface area contributed by atoms with Gasteiger partial charge in [0.05, 0.1) is 0 Å². The normalized spacial score (nSPS) is 11.7. The molecule has 1 N–H and O–H groups in total. The van der Waals surface area contributed by atoms with Crippen LogP contribution in [0.1, 0.15) is 5.56 Å². The molecule has 0 aliphatic rings. The summed E-state index contributed by atoms with van der Waals surface area (Å²) in [5, 5.41) is 11.9. The summed E-state index contributed by atoms with van der Waals surface area (Å²) in [5.41, 5.74) is 1.09. The van der Waals surface area contributed by atoms with Gasteiger partial charge in [-0.05, 0) is 42.0 Å². The number of nitrogens with zero attached hydrogens (tertiary/aromatic N) is 1. The number of carbonyl (C=O) groups excluding carboxylic acids is 1. The van der Waals surface area contributed by atoms with E-state index in [0.717, 1.165) is 5.56 Å². The highest BCUT2D eigenvalue weighted by Crippen LogP contribution is 2.15. The molecule has 0 atom stereocenters. The van der Waals surface area contributed by atoms with Gasteiger partial charge in [-0.1, -0.05) is 41.9 Å². The van der Waals surface area contributed by atoms with Gasteiger partial charge in [-0.2, -0.15) is 5.26 Å². The molecule has 0 spiro atoms. The molecule has 0 saturated heterocycles. The van der Waals surface area contributed by atoms with E-state index in [9.17, 15) is 9.18 Å². The summed E-state index contributed by atoms with van der Waals surface area (Å²) < 4.78 is 12.8. The van der Waals surface area contributed by atoms with Gasteiger partial charge in [0, 0.05) is 10.7 Å². The topological polar surface area (TPSA) is 52.9 Å². The minimum Gasteiger partial charge on any atom is -0.321 e. The summed E-state index contributed by atoms with van der Waals surface area (Å²) in [5.74, 6) is -1.02. The van der Waals surface area contributed by atoms with Crippen LogP contribution in [-0.4, -0.2) is 5.91 Å². The van der Waals surface area contributed by atoms with Crippen LogP contribution >= 0.6 is 11.6 Å². The summed E-state index contributed by atoms with van der Waals surface area (Å²) >= 11 is 6.06. The van der Waals surface area contributed by atoms with Crippen molar-refractivity contribution < 1.29 is 9.18 Å². The van der Waals surface area contributed by atoms with Crippen LogP contribution < -0.4 is 5.32 Å². The van der Waals surface area contributed by atoms with E-state index in [0.29, 0.717) is 5.69 Å². The van der Waals surface area contributed by atoms with Gasteiger partial charge >= 0.3 is 0 Å². The number of carbonyl (C=O) groups is 1. The average molecular weight is 327 g/mol. The van der Waals surface area contributed by atoms with E-state index in [-0.39, 0.29) is 10.6 Å². The highest BCUT2D eigenvalue weighted by molar-refractivity contribution is 6.33. The fourth-order valence-corrected chi connectivity index (χ4v) is 2.00. The Hall–Kier alpha value is -2.90. The summed E-state index contributed by atoms with van der Waals surface area (Å²) in [6.45, 7) is 0. The van der Waals surface area contributed by atoms with Crippen molar-refractivity contribution in [2.45, 2.75) is 0 Å². The molecule has 0 fully saturated rings. The third-order valence-corrected chi connectivity index (χ3v) is 3.07. The molecule has 2 aromatic carbocycles. The Morgan fingerprint density at radius 2 is 1.78 bits per heavy atom. The Kier molecular flexibility index (Phi) is 5.67. The average Bonchev–Trinajstić information content (AvgIpc) is 2.55. The molecule has 0 radical (unpaired) electrons. The Morgan fingerprint density at radius 3 is 2.39 bits per heavy atom. The van der Waals surface area contributed by atoms with Crippen molar-refractivity contribution in [3.05, 3.63) is 82.7 Å².